The maximum atomic E-state index is 11.8. The molecule has 36 heavy (non-hydrogen) atoms. The fraction of sp³-hybridized carbons (Fsp3) is 0.212. The minimum Gasteiger partial charge on any atom is -0.295 e. The number of rotatable bonds is 8. The summed E-state index contributed by atoms with van der Waals surface area (Å²) in [4.78, 5) is 18.8. The smallest absolute Gasteiger partial charge is 0.156 e. The van der Waals surface area contributed by atoms with Crippen molar-refractivity contribution < 1.29 is 4.79 Å². The molecule has 0 aliphatic heterocycles. The van der Waals surface area contributed by atoms with Gasteiger partial charge in [-0.05, 0) is 52.5 Å². The molecule has 1 aromatic heterocycles. The van der Waals surface area contributed by atoms with Gasteiger partial charge in [0.25, 0.3) is 0 Å². The Bertz CT molecular complexity index is 1380. The summed E-state index contributed by atoms with van der Waals surface area (Å²) in [6.45, 7) is 8.17. The van der Waals surface area contributed by atoms with E-state index in [9.17, 15) is 4.79 Å². The monoisotopic (exact) mass is 474 g/mol. The van der Waals surface area contributed by atoms with Crippen LogP contribution in [0.4, 0.5) is 0 Å². The molecule has 0 unspecified atom stereocenters. The molecule has 4 aromatic rings. The van der Waals surface area contributed by atoms with Gasteiger partial charge in [-0.3, -0.25) is 14.7 Å². The Hall–Kier alpha value is -3.82. The number of pyridine rings is 1. The van der Waals surface area contributed by atoms with E-state index in [4.69, 9.17) is 0 Å². The molecule has 1 aliphatic carbocycles. The van der Waals surface area contributed by atoms with E-state index in [0.29, 0.717) is 0 Å². The molecule has 3 aromatic carbocycles. The van der Waals surface area contributed by atoms with E-state index in [1.807, 2.05) is 32.2 Å². The van der Waals surface area contributed by atoms with E-state index in [1.54, 1.807) is 6.92 Å². The lowest BCUT2D eigenvalue weighted by Crippen LogP contribution is -2.22. The molecule has 0 fully saturated rings. The molecular weight excluding hydrogens is 440 g/mol. The highest BCUT2D eigenvalue weighted by Gasteiger charge is 2.15. The Morgan fingerprint density at radius 1 is 0.806 bits per heavy atom. The van der Waals surface area contributed by atoms with Gasteiger partial charge in [-0.1, -0.05) is 98.8 Å². The third-order valence-electron chi connectivity index (χ3n) is 6.41. The van der Waals surface area contributed by atoms with Crippen molar-refractivity contribution in [2.45, 2.75) is 46.8 Å². The van der Waals surface area contributed by atoms with E-state index in [1.165, 1.54) is 33.2 Å². The number of hydrogen-bond acceptors (Lipinski definition) is 3. The fourth-order valence-electron chi connectivity index (χ4n) is 4.64. The van der Waals surface area contributed by atoms with Crippen molar-refractivity contribution in [3.8, 4) is 0 Å². The van der Waals surface area contributed by atoms with Crippen LogP contribution in [0.3, 0.4) is 0 Å². The molecule has 0 radical (unpaired) electrons. The van der Waals surface area contributed by atoms with Crippen molar-refractivity contribution >= 4 is 22.3 Å². The van der Waals surface area contributed by atoms with Gasteiger partial charge >= 0.3 is 0 Å². The molecule has 3 heteroatoms. The van der Waals surface area contributed by atoms with Crippen LogP contribution < -0.4 is 0 Å². The van der Waals surface area contributed by atoms with E-state index >= 15 is 0 Å². The first kappa shape index (κ1) is 25.3. The number of hydrogen-bond donors (Lipinski definition) is 0. The number of carbonyl (C=O) groups is 1. The minimum atomic E-state index is 0.154. The molecule has 1 heterocycles. The van der Waals surface area contributed by atoms with Crippen LogP contribution in [0.5, 0.6) is 0 Å². The van der Waals surface area contributed by atoms with Gasteiger partial charge in [0.2, 0.25) is 0 Å². The minimum absolute atomic E-state index is 0.154. The number of Topliss-reactive ketones (excluding diaryl/α,β-unsaturated/α-hetero) is 1. The lowest BCUT2D eigenvalue weighted by atomic mass is 9.99. The Morgan fingerprint density at radius 2 is 1.53 bits per heavy atom. The van der Waals surface area contributed by atoms with E-state index in [0.717, 1.165) is 37.1 Å². The summed E-state index contributed by atoms with van der Waals surface area (Å²) >= 11 is 0. The first-order valence-corrected chi connectivity index (χ1v) is 12.7. The normalized spacial score (nSPS) is 12.7. The van der Waals surface area contributed by atoms with Crippen molar-refractivity contribution in [3.63, 3.8) is 0 Å². The molecule has 1 aliphatic rings. The molecule has 0 bridgehead atoms. The Balaban J connectivity index is 0.00000148. The second-order valence-electron chi connectivity index (χ2n) is 8.94. The molecule has 3 nitrogen and oxygen atoms in total. The van der Waals surface area contributed by atoms with E-state index < -0.39 is 0 Å². The largest absolute Gasteiger partial charge is 0.295 e. The summed E-state index contributed by atoms with van der Waals surface area (Å²) in [5.74, 6) is 0.154. The van der Waals surface area contributed by atoms with Crippen molar-refractivity contribution in [2.24, 2.45) is 0 Å². The summed E-state index contributed by atoms with van der Waals surface area (Å²) in [5.41, 5.74) is 8.17. The average Bonchev–Trinajstić information content (AvgIpc) is 3.42. The predicted molar refractivity (Wildman–Crippen MR) is 150 cm³/mol. The Morgan fingerprint density at radius 3 is 2.31 bits per heavy atom. The zero-order valence-corrected chi connectivity index (χ0v) is 21.4. The van der Waals surface area contributed by atoms with Crippen LogP contribution in [0, 0.1) is 0 Å². The average molecular weight is 475 g/mol. The molecular formula is C33H34N2O. The fourth-order valence-corrected chi connectivity index (χ4v) is 4.64. The maximum absolute atomic E-state index is 11.8. The van der Waals surface area contributed by atoms with E-state index in [2.05, 4.69) is 94.8 Å². The van der Waals surface area contributed by atoms with Gasteiger partial charge in [-0.2, -0.15) is 0 Å². The molecule has 5 rings (SSSR count). The quantitative estimate of drug-likeness (QED) is 0.262. The van der Waals surface area contributed by atoms with Crippen LogP contribution in [0.1, 0.15) is 49.4 Å². The number of nitrogens with zero attached hydrogens (tertiary/aromatic N) is 2. The summed E-state index contributed by atoms with van der Waals surface area (Å²) in [5, 5.41) is 1.20. The first-order valence-electron chi connectivity index (χ1n) is 12.7. The van der Waals surface area contributed by atoms with Gasteiger partial charge in [0.15, 0.2) is 5.78 Å². The van der Waals surface area contributed by atoms with Crippen LogP contribution in [-0.2, 0) is 24.4 Å². The van der Waals surface area contributed by atoms with Crippen molar-refractivity contribution in [2.75, 3.05) is 0 Å². The van der Waals surface area contributed by atoms with Gasteiger partial charge in [0.1, 0.15) is 0 Å². The van der Waals surface area contributed by atoms with Crippen LogP contribution in [0.25, 0.3) is 16.5 Å². The van der Waals surface area contributed by atoms with Crippen molar-refractivity contribution in [1.82, 2.24) is 9.88 Å². The van der Waals surface area contributed by atoms with Crippen LogP contribution in [0.15, 0.2) is 109 Å². The number of fused-ring (bicyclic) bond motifs is 1. The van der Waals surface area contributed by atoms with Gasteiger partial charge in [-0.25, -0.2) is 0 Å². The maximum Gasteiger partial charge on any atom is 0.156 e. The number of allylic oxidation sites excluding steroid dienone is 4. The number of ketones is 1. The topological polar surface area (TPSA) is 33.2 Å². The summed E-state index contributed by atoms with van der Waals surface area (Å²) in [6.07, 6.45) is 6.67. The Labute approximate surface area is 214 Å². The first-order chi connectivity index (χ1) is 17.7. The Kier molecular flexibility index (Phi) is 8.59. The highest BCUT2D eigenvalue weighted by atomic mass is 16.1. The zero-order chi connectivity index (χ0) is 25.3. The number of carbonyl (C=O) groups excluding carboxylic acids is 1. The molecule has 0 saturated heterocycles. The summed E-state index contributed by atoms with van der Waals surface area (Å²) in [6, 6.07) is 29.8. The van der Waals surface area contributed by atoms with Crippen LogP contribution in [-0.4, -0.2) is 15.7 Å². The van der Waals surface area contributed by atoms with Crippen LogP contribution >= 0.6 is 0 Å². The van der Waals surface area contributed by atoms with Crippen LogP contribution in [0.2, 0.25) is 0 Å². The zero-order valence-electron chi connectivity index (χ0n) is 21.4. The lowest BCUT2D eigenvalue weighted by Gasteiger charge is -2.24. The highest BCUT2D eigenvalue weighted by Crippen LogP contribution is 2.29. The van der Waals surface area contributed by atoms with Gasteiger partial charge < -0.3 is 0 Å². The molecule has 0 spiro atoms. The lowest BCUT2D eigenvalue weighted by molar-refractivity contribution is -0.113. The second kappa shape index (κ2) is 12.2. The van der Waals surface area contributed by atoms with E-state index in [-0.39, 0.29) is 5.78 Å². The van der Waals surface area contributed by atoms with Gasteiger partial charge in [0.05, 0.1) is 5.52 Å². The summed E-state index contributed by atoms with van der Waals surface area (Å²) in [7, 11) is 0. The molecule has 182 valence electrons. The summed E-state index contributed by atoms with van der Waals surface area (Å²) < 4.78 is 0. The molecule has 0 amide bonds. The van der Waals surface area contributed by atoms with Gasteiger partial charge in [-0.15, -0.1) is 0 Å². The number of benzene rings is 3. The SMILES string of the molecule is CC.CC(=O)C1=CC=C(c2cccc(CN(Cc3ccccc3)Cc3ccnc4ccccc34)c2)C1. The van der Waals surface area contributed by atoms with Gasteiger partial charge in [0, 0.05) is 37.6 Å². The molecule has 0 saturated carbocycles. The van der Waals surface area contributed by atoms with Crippen molar-refractivity contribution in [3.05, 3.63) is 131 Å². The molecule has 0 atom stereocenters. The second-order valence-corrected chi connectivity index (χ2v) is 8.94. The molecule has 0 N–H and O–H groups in total. The third-order valence-corrected chi connectivity index (χ3v) is 6.41. The number of aromatic nitrogens is 1. The van der Waals surface area contributed by atoms with Crippen molar-refractivity contribution in [1.29, 1.82) is 0 Å². The highest BCUT2D eigenvalue weighted by molar-refractivity contribution is 5.98. The predicted octanol–water partition coefficient (Wildman–Crippen LogP) is 7.77. The third kappa shape index (κ3) is 6.24. The standard InChI is InChI=1S/C31H28N2O.C2H6/c1-23(34)26-14-15-28(19-26)27-11-7-10-25(18-27)21-33(20-24-8-3-2-4-9-24)22-29-16-17-32-31-13-6-5-12-30(29)31;1-2/h2-18H,19-22H2,1H3;1-2H3. The number of para-hydroxylation sites is 1.